The normalized spacial score (nSPS) is 23.0. The van der Waals surface area contributed by atoms with E-state index in [1.165, 1.54) is 14.0 Å². The Labute approximate surface area is 132 Å². The third-order valence-corrected chi connectivity index (χ3v) is 4.28. The molecule has 2 N–H and O–H groups in total. The number of halogens is 2. The number of aliphatic carboxylic acids is 1. The predicted octanol–water partition coefficient (Wildman–Crippen LogP) is 2.10. The maximum Gasteiger partial charge on any atom is 0.308 e. The Morgan fingerprint density at radius 2 is 2.00 bits per heavy atom. The first-order valence-electron chi connectivity index (χ1n) is 7.22. The SMILES string of the molecule is COc1ccccc1CC(CNC(=O)C1(C)CC1(F)F)C(=O)O. The van der Waals surface area contributed by atoms with Crippen molar-refractivity contribution < 1.29 is 28.2 Å². The number of para-hydroxylation sites is 1. The lowest BCUT2D eigenvalue weighted by Crippen LogP contribution is -2.39. The Morgan fingerprint density at radius 3 is 2.52 bits per heavy atom. The van der Waals surface area contributed by atoms with E-state index >= 15 is 0 Å². The highest BCUT2D eigenvalue weighted by atomic mass is 19.3. The maximum atomic E-state index is 13.2. The lowest BCUT2D eigenvalue weighted by atomic mass is 9.98. The average Bonchev–Trinajstić information content (AvgIpc) is 3.03. The van der Waals surface area contributed by atoms with Crippen LogP contribution in [0.15, 0.2) is 24.3 Å². The summed E-state index contributed by atoms with van der Waals surface area (Å²) in [7, 11) is 1.48. The molecule has 0 saturated heterocycles. The molecule has 23 heavy (non-hydrogen) atoms. The van der Waals surface area contributed by atoms with E-state index in [9.17, 15) is 23.5 Å². The number of carbonyl (C=O) groups excluding carboxylic acids is 1. The summed E-state index contributed by atoms with van der Waals surface area (Å²) in [5, 5.41) is 11.6. The molecule has 2 unspecified atom stereocenters. The molecule has 5 nitrogen and oxygen atoms in total. The molecule has 0 heterocycles. The molecule has 7 heteroatoms. The molecule has 0 radical (unpaired) electrons. The number of amides is 1. The Kier molecular flexibility index (Phi) is 4.58. The summed E-state index contributed by atoms with van der Waals surface area (Å²) in [5.74, 6) is -5.31. The average molecular weight is 327 g/mol. The van der Waals surface area contributed by atoms with Gasteiger partial charge < -0.3 is 15.2 Å². The van der Waals surface area contributed by atoms with Crippen LogP contribution in [0.25, 0.3) is 0 Å². The maximum absolute atomic E-state index is 13.2. The van der Waals surface area contributed by atoms with Crippen molar-refractivity contribution in [3.63, 3.8) is 0 Å². The van der Waals surface area contributed by atoms with Crippen LogP contribution in [-0.2, 0) is 16.0 Å². The van der Waals surface area contributed by atoms with Crippen molar-refractivity contribution in [2.24, 2.45) is 11.3 Å². The first-order valence-corrected chi connectivity index (χ1v) is 7.22. The van der Waals surface area contributed by atoms with Crippen molar-refractivity contribution in [2.45, 2.75) is 25.7 Å². The molecule has 126 valence electrons. The van der Waals surface area contributed by atoms with Gasteiger partial charge in [-0.25, -0.2) is 8.78 Å². The van der Waals surface area contributed by atoms with Crippen LogP contribution in [0.3, 0.4) is 0 Å². The van der Waals surface area contributed by atoms with Crippen molar-refractivity contribution in [2.75, 3.05) is 13.7 Å². The van der Waals surface area contributed by atoms with Crippen molar-refractivity contribution in [1.82, 2.24) is 5.32 Å². The van der Waals surface area contributed by atoms with Gasteiger partial charge in [-0.1, -0.05) is 18.2 Å². The fraction of sp³-hybridized carbons (Fsp3) is 0.500. The van der Waals surface area contributed by atoms with Crippen molar-refractivity contribution in [1.29, 1.82) is 0 Å². The van der Waals surface area contributed by atoms with Gasteiger partial charge in [0, 0.05) is 13.0 Å². The highest BCUT2D eigenvalue weighted by Gasteiger charge is 2.72. The second-order valence-electron chi connectivity index (χ2n) is 5.97. The van der Waals surface area contributed by atoms with Crippen LogP contribution in [0.1, 0.15) is 18.9 Å². The smallest absolute Gasteiger partial charge is 0.308 e. The minimum atomic E-state index is -3.02. The number of carboxylic acid groups (broad SMARTS) is 1. The largest absolute Gasteiger partial charge is 0.496 e. The quantitative estimate of drug-likeness (QED) is 0.804. The molecular formula is C16H19F2NO4. The summed E-state index contributed by atoms with van der Waals surface area (Å²) >= 11 is 0. The molecule has 0 bridgehead atoms. The summed E-state index contributed by atoms with van der Waals surface area (Å²) in [4.78, 5) is 23.2. The Bertz CT molecular complexity index is 620. The molecule has 1 aliphatic rings. The summed E-state index contributed by atoms with van der Waals surface area (Å²) in [6.07, 6.45) is -0.372. The number of carbonyl (C=O) groups is 2. The minimum Gasteiger partial charge on any atom is -0.496 e. The molecule has 1 aliphatic carbocycles. The van der Waals surface area contributed by atoms with Crippen molar-refractivity contribution in [3.8, 4) is 5.75 Å². The van der Waals surface area contributed by atoms with Crippen LogP contribution in [-0.4, -0.2) is 36.6 Å². The van der Waals surface area contributed by atoms with Gasteiger partial charge in [-0.2, -0.15) is 0 Å². The monoisotopic (exact) mass is 327 g/mol. The van der Waals surface area contributed by atoms with Crippen molar-refractivity contribution >= 4 is 11.9 Å². The first-order chi connectivity index (χ1) is 10.7. The van der Waals surface area contributed by atoms with E-state index in [1.54, 1.807) is 24.3 Å². The Morgan fingerprint density at radius 1 is 1.39 bits per heavy atom. The topological polar surface area (TPSA) is 75.6 Å². The zero-order valence-corrected chi connectivity index (χ0v) is 12.9. The molecule has 1 fully saturated rings. The fourth-order valence-corrected chi connectivity index (χ4v) is 2.44. The third kappa shape index (κ3) is 3.43. The van der Waals surface area contributed by atoms with E-state index in [2.05, 4.69) is 5.32 Å². The lowest BCUT2D eigenvalue weighted by molar-refractivity contribution is -0.141. The summed E-state index contributed by atoms with van der Waals surface area (Å²) < 4.78 is 31.5. The molecule has 0 aromatic heterocycles. The molecule has 1 aromatic carbocycles. The van der Waals surface area contributed by atoms with Crippen LogP contribution >= 0.6 is 0 Å². The van der Waals surface area contributed by atoms with E-state index in [0.29, 0.717) is 11.3 Å². The van der Waals surface area contributed by atoms with Gasteiger partial charge >= 0.3 is 5.97 Å². The first kappa shape index (κ1) is 17.2. The molecule has 1 saturated carbocycles. The number of ether oxygens (including phenoxy) is 1. The fourth-order valence-electron chi connectivity index (χ4n) is 2.44. The van der Waals surface area contributed by atoms with Crippen molar-refractivity contribution in [3.05, 3.63) is 29.8 Å². The minimum absolute atomic E-state index is 0.132. The van der Waals surface area contributed by atoms with E-state index < -0.39 is 35.6 Å². The van der Waals surface area contributed by atoms with Crippen LogP contribution in [0.4, 0.5) is 8.78 Å². The molecule has 2 rings (SSSR count). The Hall–Kier alpha value is -2.18. The zero-order chi connectivity index (χ0) is 17.3. The van der Waals surface area contributed by atoms with Crippen LogP contribution < -0.4 is 10.1 Å². The molecule has 1 aromatic rings. The number of carboxylic acids is 1. The number of rotatable bonds is 7. The van der Waals surface area contributed by atoms with E-state index in [1.807, 2.05) is 0 Å². The van der Waals surface area contributed by atoms with Gasteiger partial charge in [-0.3, -0.25) is 9.59 Å². The number of nitrogens with one attached hydrogen (secondary N) is 1. The van der Waals surface area contributed by atoms with Gasteiger partial charge in [0.1, 0.15) is 11.2 Å². The summed E-state index contributed by atoms with van der Waals surface area (Å²) in [6.45, 7) is 0.968. The predicted molar refractivity (Wildman–Crippen MR) is 78.5 cm³/mol. The number of hydrogen-bond donors (Lipinski definition) is 2. The van der Waals surface area contributed by atoms with Gasteiger partial charge in [0.15, 0.2) is 0 Å². The number of methoxy groups -OCH3 is 1. The van der Waals surface area contributed by atoms with E-state index in [-0.39, 0.29) is 13.0 Å². The van der Waals surface area contributed by atoms with Gasteiger partial charge in [0.25, 0.3) is 5.92 Å². The highest BCUT2D eigenvalue weighted by Crippen LogP contribution is 2.60. The van der Waals surface area contributed by atoms with Gasteiger partial charge in [0.05, 0.1) is 13.0 Å². The standard InChI is InChI=1S/C16H19F2NO4/c1-15(9-16(15,17)18)14(22)19-8-11(13(20)21)7-10-5-3-4-6-12(10)23-2/h3-6,11H,7-9H2,1-2H3,(H,19,22)(H,20,21). The molecule has 2 atom stereocenters. The number of alkyl halides is 2. The zero-order valence-electron chi connectivity index (χ0n) is 12.9. The van der Waals surface area contributed by atoms with E-state index in [0.717, 1.165) is 0 Å². The second kappa shape index (κ2) is 6.14. The van der Waals surface area contributed by atoms with Gasteiger partial charge in [-0.15, -0.1) is 0 Å². The van der Waals surface area contributed by atoms with Crippen LogP contribution in [0, 0.1) is 11.3 Å². The van der Waals surface area contributed by atoms with Gasteiger partial charge in [0.2, 0.25) is 5.91 Å². The molecule has 0 aliphatic heterocycles. The summed E-state index contributed by atoms with van der Waals surface area (Å²) in [6, 6.07) is 6.95. The second-order valence-corrected chi connectivity index (χ2v) is 5.97. The highest BCUT2D eigenvalue weighted by molar-refractivity contribution is 5.87. The van der Waals surface area contributed by atoms with Crippen LogP contribution in [0.2, 0.25) is 0 Å². The molecule has 0 spiro atoms. The molecule has 1 amide bonds. The number of benzene rings is 1. The Balaban J connectivity index is 2.00. The third-order valence-electron chi connectivity index (χ3n) is 4.28. The molecular weight excluding hydrogens is 308 g/mol. The van der Waals surface area contributed by atoms with Crippen LogP contribution in [0.5, 0.6) is 5.75 Å². The summed E-state index contributed by atoms with van der Waals surface area (Å²) in [5.41, 5.74) is -1.04. The van der Waals surface area contributed by atoms with E-state index in [4.69, 9.17) is 4.74 Å². The lowest BCUT2D eigenvalue weighted by Gasteiger charge is -2.17. The van der Waals surface area contributed by atoms with Gasteiger partial charge in [-0.05, 0) is 25.0 Å². The number of hydrogen-bond acceptors (Lipinski definition) is 3.